The average Bonchev–Trinajstić information content (AvgIpc) is 3.06. The van der Waals surface area contributed by atoms with E-state index in [2.05, 4.69) is 16.2 Å². The first kappa shape index (κ1) is 22.5. The predicted octanol–water partition coefficient (Wildman–Crippen LogP) is 2.52. The van der Waals surface area contributed by atoms with Crippen molar-refractivity contribution in [2.75, 3.05) is 47.5 Å². The Morgan fingerprint density at radius 2 is 1.69 bits per heavy atom. The zero-order valence-corrected chi connectivity index (χ0v) is 19.4. The number of aryl methyl sites for hydroxylation is 2. The fourth-order valence-electron chi connectivity index (χ4n) is 4.71. The molecule has 0 saturated carbocycles. The van der Waals surface area contributed by atoms with Gasteiger partial charge in [-0.3, -0.25) is 14.4 Å². The van der Waals surface area contributed by atoms with Gasteiger partial charge in [0.2, 0.25) is 11.7 Å². The quantitative estimate of drug-likeness (QED) is 0.614. The molecule has 0 bridgehead atoms. The van der Waals surface area contributed by atoms with Gasteiger partial charge < -0.3 is 19.1 Å². The van der Waals surface area contributed by atoms with E-state index in [1.54, 1.807) is 21.3 Å². The first-order valence-electron chi connectivity index (χ1n) is 11.5. The van der Waals surface area contributed by atoms with Crippen LogP contribution in [0.5, 0.6) is 17.2 Å². The summed E-state index contributed by atoms with van der Waals surface area (Å²) in [7, 11) is 4.88. The molecule has 1 amide bonds. The maximum absolute atomic E-state index is 12.9. The number of benzene rings is 1. The number of piperazine rings is 1. The highest BCUT2D eigenvalue weighted by Crippen LogP contribution is 2.40. The summed E-state index contributed by atoms with van der Waals surface area (Å²) in [5, 5.41) is 4.69. The van der Waals surface area contributed by atoms with Crippen LogP contribution in [-0.2, 0) is 30.7 Å². The van der Waals surface area contributed by atoms with Crippen molar-refractivity contribution >= 4 is 5.91 Å². The van der Waals surface area contributed by atoms with Gasteiger partial charge in [-0.15, -0.1) is 0 Å². The summed E-state index contributed by atoms with van der Waals surface area (Å²) in [4.78, 5) is 17.2. The smallest absolute Gasteiger partial charge is 0.244 e. The summed E-state index contributed by atoms with van der Waals surface area (Å²) in [6.07, 6.45) is 7.90. The minimum Gasteiger partial charge on any atom is -0.493 e. The largest absolute Gasteiger partial charge is 0.493 e. The monoisotopic (exact) mass is 442 g/mol. The highest BCUT2D eigenvalue weighted by molar-refractivity contribution is 5.76. The van der Waals surface area contributed by atoms with Gasteiger partial charge in [-0.05, 0) is 37.3 Å². The molecule has 1 aromatic heterocycles. The first-order valence-corrected chi connectivity index (χ1v) is 11.5. The van der Waals surface area contributed by atoms with E-state index >= 15 is 0 Å². The van der Waals surface area contributed by atoms with Crippen molar-refractivity contribution in [3.8, 4) is 17.2 Å². The molecular weight excluding hydrogens is 408 g/mol. The van der Waals surface area contributed by atoms with Crippen molar-refractivity contribution < 1.29 is 19.0 Å². The predicted molar refractivity (Wildman–Crippen MR) is 121 cm³/mol. The van der Waals surface area contributed by atoms with Crippen molar-refractivity contribution in [3.05, 3.63) is 35.2 Å². The molecule has 32 heavy (non-hydrogen) atoms. The molecule has 1 aromatic carbocycles. The molecular formula is C24H34N4O4. The summed E-state index contributed by atoms with van der Waals surface area (Å²) in [6.45, 7) is 4.14. The van der Waals surface area contributed by atoms with Crippen LogP contribution in [0, 0.1) is 0 Å². The summed E-state index contributed by atoms with van der Waals surface area (Å²) < 4.78 is 18.3. The Morgan fingerprint density at radius 3 is 2.41 bits per heavy atom. The average molecular weight is 443 g/mol. The Kier molecular flexibility index (Phi) is 7.19. The summed E-state index contributed by atoms with van der Waals surface area (Å²) in [5.41, 5.74) is 3.55. The van der Waals surface area contributed by atoms with Crippen molar-refractivity contribution in [1.29, 1.82) is 0 Å². The molecule has 8 heteroatoms. The van der Waals surface area contributed by atoms with E-state index in [1.807, 2.05) is 21.7 Å². The second-order valence-corrected chi connectivity index (χ2v) is 8.51. The Hall–Kier alpha value is -2.74. The zero-order valence-electron chi connectivity index (χ0n) is 19.4. The number of amides is 1. The number of nitrogens with zero attached hydrogens (tertiary/aromatic N) is 4. The molecule has 1 fully saturated rings. The second-order valence-electron chi connectivity index (χ2n) is 8.51. The van der Waals surface area contributed by atoms with Crippen LogP contribution in [-0.4, -0.2) is 73.0 Å². The fraction of sp³-hybridized carbons (Fsp3) is 0.583. The highest BCUT2D eigenvalue weighted by Gasteiger charge is 2.24. The lowest BCUT2D eigenvalue weighted by Gasteiger charge is -2.35. The number of aromatic nitrogens is 2. The Labute approximate surface area is 190 Å². The van der Waals surface area contributed by atoms with Crippen LogP contribution in [0.2, 0.25) is 0 Å². The number of fused-ring (bicyclic) bond motifs is 1. The maximum Gasteiger partial charge on any atom is 0.244 e. The third-order valence-electron chi connectivity index (χ3n) is 6.49. The second kappa shape index (κ2) is 10.3. The number of ether oxygens (including phenoxy) is 3. The SMILES string of the molecule is COc1ccc(CN2CCN(C(=O)Cn3cc4c(n3)CCCCC4)CC2)c(OC)c1OC. The Bertz CT molecular complexity index is 911. The van der Waals surface area contributed by atoms with Crippen molar-refractivity contribution in [2.45, 2.75) is 45.2 Å². The van der Waals surface area contributed by atoms with E-state index in [0.717, 1.165) is 51.1 Å². The van der Waals surface area contributed by atoms with Gasteiger partial charge in [-0.1, -0.05) is 12.5 Å². The van der Waals surface area contributed by atoms with Gasteiger partial charge in [-0.2, -0.15) is 5.10 Å². The van der Waals surface area contributed by atoms with Crippen LogP contribution in [0.4, 0.5) is 0 Å². The van der Waals surface area contributed by atoms with Crippen molar-refractivity contribution in [2.24, 2.45) is 0 Å². The molecule has 0 N–H and O–H groups in total. The summed E-state index contributed by atoms with van der Waals surface area (Å²) in [6, 6.07) is 3.92. The van der Waals surface area contributed by atoms with Crippen LogP contribution >= 0.6 is 0 Å². The Balaban J connectivity index is 1.33. The molecule has 1 aliphatic heterocycles. The van der Waals surface area contributed by atoms with Gasteiger partial charge in [0.25, 0.3) is 0 Å². The topological polar surface area (TPSA) is 69.1 Å². The lowest BCUT2D eigenvalue weighted by atomic mass is 10.1. The van der Waals surface area contributed by atoms with Crippen LogP contribution in [0.1, 0.15) is 36.1 Å². The fourth-order valence-corrected chi connectivity index (χ4v) is 4.71. The summed E-state index contributed by atoms with van der Waals surface area (Å²) >= 11 is 0. The van der Waals surface area contributed by atoms with E-state index in [0.29, 0.717) is 23.8 Å². The molecule has 0 radical (unpaired) electrons. The van der Waals surface area contributed by atoms with Gasteiger partial charge in [0.05, 0.1) is 27.0 Å². The van der Waals surface area contributed by atoms with E-state index < -0.39 is 0 Å². The molecule has 2 heterocycles. The first-order chi connectivity index (χ1) is 15.6. The lowest BCUT2D eigenvalue weighted by molar-refractivity contribution is -0.133. The molecule has 174 valence electrons. The highest BCUT2D eigenvalue weighted by atomic mass is 16.5. The normalized spacial score (nSPS) is 16.9. The number of hydrogen-bond acceptors (Lipinski definition) is 6. The standard InChI is InChI=1S/C24H34N4O4/c1-30-21-10-9-19(23(31-2)24(21)32-3)15-26-11-13-27(14-12-26)22(29)17-28-16-18-7-5-4-6-8-20(18)25-28/h9-10,16H,4-8,11-15,17H2,1-3H3. The number of hydrogen-bond donors (Lipinski definition) is 0. The number of carbonyl (C=O) groups excluding carboxylic acids is 1. The molecule has 0 unspecified atom stereocenters. The zero-order chi connectivity index (χ0) is 22.5. The van der Waals surface area contributed by atoms with Gasteiger partial charge in [-0.25, -0.2) is 0 Å². The third kappa shape index (κ3) is 4.85. The minimum atomic E-state index is 0.144. The summed E-state index contributed by atoms with van der Waals surface area (Å²) in [5.74, 6) is 2.10. The minimum absolute atomic E-state index is 0.144. The number of methoxy groups -OCH3 is 3. The molecule has 0 atom stereocenters. The van der Waals surface area contributed by atoms with E-state index in [1.165, 1.54) is 30.5 Å². The van der Waals surface area contributed by atoms with Gasteiger partial charge in [0.15, 0.2) is 11.5 Å². The number of rotatable bonds is 7. The van der Waals surface area contributed by atoms with Crippen LogP contribution in [0.25, 0.3) is 0 Å². The van der Waals surface area contributed by atoms with E-state index in [-0.39, 0.29) is 5.91 Å². The van der Waals surface area contributed by atoms with Crippen molar-refractivity contribution in [3.63, 3.8) is 0 Å². The molecule has 0 spiro atoms. The van der Waals surface area contributed by atoms with Crippen LogP contribution < -0.4 is 14.2 Å². The van der Waals surface area contributed by atoms with E-state index in [9.17, 15) is 4.79 Å². The Morgan fingerprint density at radius 1 is 0.938 bits per heavy atom. The molecule has 8 nitrogen and oxygen atoms in total. The molecule has 4 rings (SSSR count). The molecule has 1 saturated heterocycles. The van der Waals surface area contributed by atoms with Gasteiger partial charge in [0, 0.05) is 44.5 Å². The molecule has 2 aliphatic rings. The lowest BCUT2D eigenvalue weighted by Crippen LogP contribution is -2.49. The number of carbonyl (C=O) groups is 1. The van der Waals surface area contributed by atoms with Gasteiger partial charge in [0.1, 0.15) is 6.54 Å². The molecule has 2 aromatic rings. The van der Waals surface area contributed by atoms with Gasteiger partial charge >= 0.3 is 0 Å². The maximum atomic E-state index is 12.9. The third-order valence-corrected chi connectivity index (χ3v) is 6.49. The van der Waals surface area contributed by atoms with Crippen LogP contribution in [0.15, 0.2) is 18.3 Å². The molecule has 1 aliphatic carbocycles. The van der Waals surface area contributed by atoms with E-state index in [4.69, 9.17) is 14.2 Å². The van der Waals surface area contributed by atoms with Crippen LogP contribution in [0.3, 0.4) is 0 Å². The van der Waals surface area contributed by atoms with Crippen molar-refractivity contribution in [1.82, 2.24) is 19.6 Å².